The van der Waals surface area contributed by atoms with Crippen LogP contribution >= 0.6 is 0 Å². The lowest BCUT2D eigenvalue weighted by Crippen LogP contribution is -1.84. The monoisotopic (exact) mass is 243 g/mol. The van der Waals surface area contributed by atoms with Crippen molar-refractivity contribution in [1.82, 2.24) is 4.98 Å². The van der Waals surface area contributed by atoms with Crippen molar-refractivity contribution in [2.45, 2.75) is 0 Å². The molecular formula is C18H13N. The fourth-order valence-corrected chi connectivity index (χ4v) is 2.77. The topological polar surface area (TPSA) is 15.8 Å². The maximum atomic E-state index is 3.31. The van der Waals surface area contributed by atoms with Crippen LogP contribution < -0.4 is 0 Å². The fourth-order valence-electron chi connectivity index (χ4n) is 2.77. The van der Waals surface area contributed by atoms with Crippen LogP contribution in [0.3, 0.4) is 0 Å². The van der Waals surface area contributed by atoms with Crippen LogP contribution in [0.2, 0.25) is 0 Å². The van der Waals surface area contributed by atoms with Gasteiger partial charge < -0.3 is 4.98 Å². The zero-order valence-electron chi connectivity index (χ0n) is 10.4. The highest BCUT2D eigenvalue weighted by Crippen LogP contribution is 2.33. The number of rotatable bonds is 1. The molecule has 4 aromatic rings. The molecule has 0 aliphatic carbocycles. The van der Waals surface area contributed by atoms with Crippen LogP contribution in [0.4, 0.5) is 0 Å². The summed E-state index contributed by atoms with van der Waals surface area (Å²) in [6, 6.07) is 23.6. The van der Waals surface area contributed by atoms with Gasteiger partial charge in [-0.3, -0.25) is 0 Å². The maximum absolute atomic E-state index is 3.31. The van der Waals surface area contributed by atoms with Crippen LogP contribution in [0.15, 0.2) is 72.9 Å². The third-order valence-corrected chi connectivity index (χ3v) is 3.66. The lowest BCUT2D eigenvalue weighted by Gasteiger charge is -2.09. The first-order valence-corrected chi connectivity index (χ1v) is 6.48. The van der Waals surface area contributed by atoms with Crippen molar-refractivity contribution in [3.8, 4) is 11.3 Å². The molecule has 0 fully saturated rings. The lowest BCUT2D eigenvalue weighted by atomic mass is 9.96. The molecule has 90 valence electrons. The minimum Gasteiger partial charge on any atom is -0.361 e. The molecule has 1 aromatic heterocycles. The summed E-state index contributed by atoms with van der Waals surface area (Å²) in [6.45, 7) is 0. The number of aromatic amines is 1. The molecule has 1 nitrogen and oxygen atoms in total. The predicted octanol–water partition coefficient (Wildman–Crippen LogP) is 4.99. The SMILES string of the molecule is c1c[nH]c(-c2cc3ccccc3c3ccccc23)c1. The Morgan fingerprint density at radius 2 is 1.37 bits per heavy atom. The Bertz CT molecular complexity index is 857. The average molecular weight is 243 g/mol. The molecule has 0 atom stereocenters. The van der Waals surface area contributed by atoms with Crippen molar-refractivity contribution in [1.29, 1.82) is 0 Å². The highest BCUT2D eigenvalue weighted by Gasteiger charge is 2.07. The van der Waals surface area contributed by atoms with Crippen LogP contribution in [0, 0.1) is 0 Å². The van der Waals surface area contributed by atoms with E-state index in [-0.39, 0.29) is 0 Å². The van der Waals surface area contributed by atoms with Crippen LogP contribution in [0.5, 0.6) is 0 Å². The van der Waals surface area contributed by atoms with Gasteiger partial charge in [-0.1, -0.05) is 48.5 Å². The Morgan fingerprint density at radius 1 is 0.632 bits per heavy atom. The van der Waals surface area contributed by atoms with Crippen LogP contribution in [0.25, 0.3) is 32.8 Å². The Labute approximate surface area is 111 Å². The van der Waals surface area contributed by atoms with E-state index in [1.807, 2.05) is 12.3 Å². The first kappa shape index (κ1) is 10.4. The minimum atomic E-state index is 1.17. The van der Waals surface area contributed by atoms with E-state index in [1.54, 1.807) is 0 Å². The third kappa shape index (κ3) is 1.55. The molecular weight excluding hydrogens is 230 g/mol. The molecule has 1 heteroatoms. The second kappa shape index (κ2) is 3.99. The Balaban J connectivity index is 2.22. The summed E-state index contributed by atoms with van der Waals surface area (Å²) >= 11 is 0. The maximum Gasteiger partial charge on any atom is 0.0460 e. The summed E-state index contributed by atoms with van der Waals surface area (Å²) in [5.74, 6) is 0. The summed E-state index contributed by atoms with van der Waals surface area (Å²) in [5.41, 5.74) is 2.43. The molecule has 0 aliphatic heterocycles. The zero-order chi connectivity index (χ0) is 12.7. The van der Waals surface area contributed by atoms with E-state index >= 15 is 0 Å². The van der Waals surface area contributed by atoms with Gasteiger partial charge in [0.05, 0.1) is 0 Å². The highest BCUT2D eigenvalue weighted by molar-refractivity contribution is 6.13. The van der Waals surface area contributed by atoms with Gasteiger partial charge >= 0.3 is 0 Å². The van der Waals surface area contributed by atoms with E-state index in [0.29, 0.717) is 0 Å². The Hall–Kier alpha value is -2.54. The molecule has 0 saturated carbocycles. The summed E-state index contributed by atoms with van der Waals surface area (Å²) in [5, 5.41) is 5.20. The van der Waals surface area contributed by atoms with Gasteiger partial charge in [0, 0.05) is 17.5 Å². The van der Waals surface area contributed by atoms with E-state index in [2.05, 4.69) is 65.6 Å². The smallest absolute Gasteiger partial charge is 0.0460 e. The van der Waals surface area contributed by atoms with E-state index in [1.165, 1.54) is 32.8 Å². The molecule has 0 spiro atoms. The van der Waals surface area contributed by atoms with Gasteiger partial charge in [0.2, 0.25) is 0 Å². The third-order valence-electron chi connectivity index (χ3n) is 3.66. The molecule has 0 bridgehead atoms. The van der Waals surface area contributed by atoms with Crippen molar-refractivity contribution >= 4 is 21.5 Å². The quantitative estimate of drug-likeness (QED) is 0.453. The fraction of sp³-hybridized carbons (Fsp3) is 0. The van der Waals surface area contributed by atoms with Crippen LogP contribution in [0.1, 0.15) is 0 Å². The first-order valence-electron chi connectivity index (χ1n) is 6.48. The molecule has 0 radical (unpaired) electrons. The predicted molar refractivity (Wildman–Crippen MR) is 81.2 cm³/mol. The summed E-state index contributed by atoms with van der Waals surface area (Å²) < 4.78 is 0. The zero-order valence-corrected chi connectivity index (χ0v) is 10.4. The van der Waals surface area contributed by atoms with E-state index < -0.39 is 0 Å². The highest BCUT2D eigenvalue weighted by atomic mass is 14.7. The second-order valence-electron chi connectivity index (χ2n) is 4.77. The molecule has 0 amide bonds. The standard InChI is InChI=1S/C18H13N/c1-2-7-14-13(6-1)12-17(18-10-5-11-19-18)16-9-4-3-8-15(14)16/h1-12,19H. The van der Waals surface area contributed by atoms with Gasteiger partial charge in [-0.2, -0.15) is 0 Å². The van der Waals surface area contributed by atoms with Gasteiger partial charge in [-0.25, -0.2) is 0 Å². The molecule has 0 aliphatic rings. The number of hydrogen-bond acceptors (Lipinski definition) is 0. The van der Waals surface area contributed by atoms with Crippen LogP contribution in [-0.4, -0.2) is 4.98 Å². The molecule has 0 saturated heterocycles. The number of H-pyrrole nitrogens is 1. The molecule has 19 heavy (non-hydrogen) atoms. The van der Waals surface area contributed by atoms with Gasteiger partial charge in [0.15, 0.2) is 0 Å². The summed E-state index contributed by atoms with van der Waals surface area (Å²) in [6.07, 6.45) is 1.97. The van der Waals surface area contributed by atoms with Crippen molar-refractivity contribution in [3.05, 3.63) is 72.9 Å². The second-order valence-corrected chi connectivity index (χ2v) is 4.77. The first-order chi connectivity index (χ1) is 9.43. The minimum absolute atomic E-state index is 1.17. The Kier molecular flexibility index (Phi) is 2.18. The van der Waals surface area contributed by atoms with E-state index in [9.17, 15) is 0 Å². The molecule has 3 aromatic carbocycles. The van der Waals surface area contributed by atoms with Gasteiger partial charge in [-0.15, -0.1) is 0 Å². The van der Waals surface area contributed by atoms with Crippen LogP contribution in [-0.2, 0) is 0 Å². The number of fused-ring (bicyclic) bond motifs is 3. The summed E-state index contributed by atoms with van der Waals surface area (Å²) in [7, 11) is 0. The van der Waals surface area contributed by atoms with Crippen molar-refractivity contribution < 1.29 is 0 Å². The number of hydrogen-bond donors (Lipinski definition) is 1. The molecule has 1 heterocycles. The molecule has 4 rings (SSSR count). The van der Waals surface area contributed by atoms with Crippen molar-refractivity contribution in [3.63, 3.8) is 0 Å². The van der Waals surface area contributed by atoms with Crippen molar-refractivity contribution in [2.24, 2.45) is 0 Å². The largest absolute Gasteiger partial charge is 0.361 e. The number of aromatic nitrogens is 1. The number of benzene rings is 3. The normalized spacial score (nSPS) is 11.2. The van der Waals surface area contributed by atoms with Gasteiger partial charge in [0.1, 0.15) is 0 Å². The van der Waals surface area contributed by atoms with Crippen molar-refractivity contribution in [2.75, 3.05) is 0 Å². The lowest BCUT2D eigenvalue weighted by molar-refractivity contribution is 1.41. The molecule has 1 N–H and O–H groups in total. The number of nitrogens with one attached hydrogen (secondary N) is 1. The Morgan fingerprint density at radius 3 is 2.16 bits per heavy atom. The average Bonchev–Trinajstić information content (AvgIpc) is 3.00. The summed E-state index contributed by atoms with van der Waals surface area (Å²) in [4.78, 5) is 3.31. The van der Waals surface area contributed by atoms with Gasteiger partial charge in [0.25, 0.3) is 0 Å². The van der Waals surface area contributed by atoms with E-state index in [0.717, 1.165) is 0 Å². The van der Waals surface area contributed by atoms with Gasteiger partial charge in [-0.05, 0) is 39.7 Å². The van der Waals surface area contributed by atoms with E-state index in [4.69, 9.17) is 0 Å². The molecule has 0 unspecified atom stereocenters.